The molecule has 0 unspecified atom stereocenters. The Bertz CT molecular complexity index is 3740. The SMILES string of the molecule is c1ccc(-c2c3c(c(-c4ccccn4)c4ccccc24)-c2ccc(-c4cc(-n5c6ccccc6c6ccncc65)cc(-n5c6ccccc6c6cccnc65)c4)c4cccc-3c24)nc1. The Labute approximate surface area is 367 Å². The molecule has 6 aromatic heterocycles. The van der Waals surface area contributed by atoms with Crippen molar-refractivity contribution in [2.45, 2.75) is 0 Å². The van der Waals surface area contributed by atoms with Crippen molar-refractivity contribution in [3.63, 3.8) is 0 Å². The van der Waals surface area contributed by atoms with Gasteiger partial charge in [-0.25, -0.2) is 4.98 Å². The van der Waals surface area contributed by atoms with Crippen molar-refractivity contribution in [1.29, 1.82) is 0 Å². The van der Waals surface area contributed by atoms with E-state index < -0.39 is 0 Å². The van der Waals surface area contributed by atoms with Crippen LogP contribution >= 0.6 is 0 Å². The van der Waals surface area contributed by atoms with Gasteiger partial charge in [0.05, 0.1) is 39.8 Å². The fraction of sp³-hybridized carbons (Fsp3) is 0. The summed E-state index contributed by atoms with van der Waals surface area (Å²) in [5.41, 5.74) is 17.5. The molecule has 0 atom stereocenters. The first-order valence-electron chi connectivity index (χ1n) is 21.6. The Morgan fingerprint density at radius 1 is 0.328 bits per heavy atom. The molecule has 0 N–H and O–H groups in total. The zero-order valence-corrected chi connectivity index (χ0v) is 34.3. The van der Waals surface area contributed by atoms with E-state index in [9.17, 15) is 0 Å². The molecular weight excluding hydrogens is 781 g/mol. The summed E-state index contributed by atoms with van der Waals surface area (Å²) in [5.74, 6) is 0. The summed E-state index contributed by atoms with van der Waals surface area (Å²) in [6.45, 7) is 0. The summed E-state index contributed by atoms with van der Waals surface area (Å²) in [5, 5.41) is 9.36. The number of aromatic nitrogens is 6. The zero-order chi connectivity index (χ0) is 41.9. The molecule has 0 saturated heterocycles. The highest BCUT2D eigenvalue weighted by molar-refractivity contribution is 6.28. The molecule has 0 saturated carbocycles. The highest BCUT2D eigenvalue weighted by atomic mass is 15.1. The first-order valence-corrected chi connectivity index (χ1v) is 21.6. The third-order valence-corrected chi connectivity index (χ3v) is 13.3. The number of pyridine rings is 4. The molecule has 14 rings (SSSR count). The van der Waals surface area contributed by atoms with E-state index in [0.29, 0.717) is 0 Å². The van der Waals surface area contributed by atoms with Crippen LogP contribution < -0.4 is 0 Å². The van der Waals surface area contributed by atoms with Crippen LogP contribution in [0.15, 0.2) is 207 Å². The largest absolute Gasteiger partial charge is 0.308 e. The van der Waals surface area contributed by atoms with Crippen molar-refractivity contribution >= 4 is 65.3 Å². The molecule has 1 aliphatic rings. The average molecular weight is 815 g/mol. The van der Waals surface area contributed by atoms with E-state index in [1.54, 1.807) is 0 Å². The van der Waals surface area contributed by atoms with Crippen LogP contribution in [-0.4, -0.2) is 29.1 Å². The average Bonchev–Trinajstić information content (AvgIpc) is 4.00. The summed E-state index contributed by atoms with van der Waals surface area (Å²) in [6.07, 6.45) is 9.56. The molecule has 6 heterocycles. The summed E-state index contributed by atoms with van der Waals surface area (Å²) >= 11 is 0. The maximum Gasteiger partial charge on any atom is 0.145 e. The van der Waals surface area contributed by atoms with E-state index >= 15 is 0 Å². The molecule has 0 radical (unpaired) electrons. The molecule has 6 nitrogen and oxygen atoms in total. The molecule has 296 valence electrons. The van der Waals surface area contributed by atoms with Crippen LogP contribution in [0, 0.1) is 0 Å². The van der Waals surface area contributed by atoms with Crippen LogP contribution in [0.5, 0.6) is 0 Å². The number of fused-ring (bicyclic) bond motifs is 10. The number of nitrogens with zero attached hydrogens (tertiary/aromatic N) is 6. The number of para-hydroxylation sites is 2. The highest BCUT2D eigenvalue weighted by Crippen LogP contribution is 2.58. The number of rotatable bonds is 5. The molecule has 0 fully saturated rings. The third kappa shape index (κ3) is 4.85. The predicted octanol–water partition coefficient (Wildman–Crippen LogP) is 14.4. The maximum absolute atomic E-state index is 5.02. The van der Waals surface area contributed by atoms with E-state index in [-0.39, 0.29) is 0 Å². The van der Waals surface area contributed by atoms with Gasteiger partial charge in [0.25, 0.3) is 0 Å². The molecule has 7 aromatic carbocycles. The van der Waals surface area contributed by atoms with Gasteiger partial charge in [-0.05, 0) is 117 Å². The maximum atomic E-state index is 5.02. The van der Waals surface area contributed by atoms with Gasteiger partial charge in [0, 0.05) is 74.3 Å². The summed E-state index contributed by atoms with van der Waals surface area (Å²) < 4.78 is 4.69. The smallest absolute Gasteiger partial charge is 0.145 e. The topological polar surface area (TPSA) is 61.4 Å². The van der Waals surface area contributed by atoms with Gasteiger partial charge in [-0.1, -0.05) is 103 Å². The van der Waals surface area contributed by atoms with Crippen LogP contribution in [0.1, 0.15) is 0 Å². The summed E-state index contributed by atoms with van der Waals surface area (Å²) in [6, 6.07) is 63.2. The van der Waals surface area contributed by atoms with Gasteiger partial charge in [0.15, 0.2) is 0 Å². The molecule has 0 amide bonds. The molecule has 6 heteroatoms. The van der Waals surface area contributed by atoms with Crippen molar-refractivity contribution in [1.82, 2.24) is 29.1 Å². The van der Waals surface area contributed by atoms with E-state index in [0.717, 1.165) is 83.4 Å². The molecular formula is C58H34N6. The molecule has 64 heavy (non-hydrogen) atoms. The predicted molar refractivity (Wildman–Crippen MR) is 262 cm³/mol. The molecule has 0 bridgehead atoms. The lowest BCUT2D eigenvalue weighted by atomic mass is 9.85. The Kier molecular flexibility index (Phi) is 7.30. The van der Waals surface area contributed by atoms with Crippen molar-refractivity contribution in [3.8, 4) is 67.3 Å². The molecule has 13 aromatic rings. The van der Waals surface area contributed by atoms with Gasteiger partial charge in [0.1, 0.15) is 5.65 Å². The lowest BCUT2D eigenvalue weighted by molar-refractivity contribution is 1.11. The Morgan fingerprint density at radius 2 is 0.875 bits per heavy atom. The normalized spacial score (nSPS) is 12.1. The van der Waals surface area contributed by atoms with Gasteiger partial charge in [-0.3, -0.25) is 19.5 Å². The standard InChI is InChI=1S/C58H34N6/c1-2-16-44-43(15-1)54(48-20-7-9-27-60-48)56-46-18-11-17-42-38(24-25-47(53(42)46)57(56)55(44)49-21-8-10-28-61-49)35-31-36(63-50-22-5-3-13-39(50)41-26-30-59-34-52(41)63)33-37(32-35)64-51-23-6-4-14-40(51)45-19-12-29-62-58(45)64/h1-34H. The van der Waals surface area contributed by atoms with Gasteiger partial charge in [-0.2, -0.15) is 0 Å². The summed E-state index contributed by atoms with van der Waals surface area (Å²) in [7, 11) is 0. The fourth-order valence-electron chi connectivity index (χ4n) is 10.8. The molecule has 0 spiro atoms. The first kappa shape index (κ1) is 34.9. The number of hydrogen-bond donors (Lipinski definition) is 0. The van der Waals surface area contributed by atoms with Crippen molar-refractivity contribution in [2.24, 2.45) is 0 Å². The third-order valence-electron chi connectivity index (χ3n) is 13.3. The second-order valence-electron chi connectivity index (χ2n) is 16.6. The van der Waals surface area contributed by atoms with Crippen LogP contribution in [0.25, 0.3) is 133 Å². The molecule has 1 aliphatic carbocycles. The van der Waals surface area contributed by atoms with Gasteiger partial charge in [0.2, 0.25) is 0 Å². The van der Waals surface area contributed by atoms with Gasteiger partial charge in [-0.15, -0.1) is 0 Å². The van der Waals surface area contributed by atoms with Crippen LogP contribution in [-0.2, 0) is 0 Å². The van der Waals surface area contributed by atoms with Crippen LogP contribution in [0.3, 0.4) is 0 Å². The minimum absolute atomic E-state index is 0.919. The number of hydrogen-bond acceptors (Lipinski definition) is 4. The Balaban J connectivity index is 1.10. The quantitative estimate of drug-likeness (QED) is 0.174. The van der Waals surface area contributed by atoms with Gasteiger partial charge < -0.3 is 4.57 Å². The number of benzene rings is 7. The molecule has 0 aliphatic heterocycles. The second-order valence-corrected chi connectivity index (χ2v) is 16.6. The van der Waals surface area contributed by atoms with Crippen molar-refractivity contribution in [2.75, 3.05) is 0 Å². The lowest BCUT2D eigenvalue weighted by Crippen LogP contribution is -2.01. The lowest BCUT2D eigenvalue weighted by Gasteiger charge is -2.19. The highest BCUT2D eigenvalue weighted by Gasteiger charge is 2.32. The minimum Gasteiger partial charge on any atom is -0.308 e. The van der Waals surface area contributed by atoms with Crippen molar-refractivity contribution < 1.29 is 0 Å². The van der Waals surface area contributed by atoms with E-state index in [1.807, 2.05) is 49.2 Å². The first-order chi connectivity index (χ1) is 31.8. The van der Waals surface area contributed by atoms with E-state index in [1.165, 1.54) is 49.2 Å². The van der Waals surface area contributed by atoms with Crippen molar-refractivity contribution in [3.05, 3.63) is 207 Å². The Morgan fingerprint density at radius 3 is 1.58 bits per heavy atom. The minimum atomic E-state index is 0.919. The Hall–Kier alpha value is -8.74. The van der Waals surface area contributed by atoms with E-state index in [2.05, 4.69) is 172 Å². The van der Waals surface area contributed by atoms with Crippen LogP contribution in [0.4, 0.5) is 0 Å². The van der Waals surface area contributed by atoms with Gasteiger partial charge >= 0.3 is 0 Å². The van der Waals surface area contributed by atoms with E-state index in [4.69, 9.17) is 15.0 Å². The zero-order valence-electron chi connectivity index (χ0n) is 34.3. The fourth-order valence-corrected chi connectivity index (χ4v) is 10.8. The second kappa shape index (κ2) is 13.4. The monoisotopic (exact) mass is 814 g/mol. The summed E-state index contributed by atoms with van der Waals surface area (Å²) in [4.78, 5) is 19.7. The van der Waals surface area contributed by atoms with Crippen LogP contribution in [0.2, 0.25) is 0 Å².